The van der Waals surface area contributed by atoms with Crippen molar-refractivity contribution in [3.8, 4) is 11.1 Å². The molecule has 0 heterocycles. The van der Waals surface area contributed by atoms with E-state index >= 15 is 0 Å². The number of nitro benzene ring substituents is 2. The molecule has 0 aromatic heterocycles. The highest BCUT2D eigenvalue weighted by Crippen LogP contribution is 2.32. The van der Waals surface area contributed by atoms with Crippen molar-refractivity contribution in [2.45, 2.75) is 0 Å². The van der Waals surface area contributed by atoms with E-state index in [1.807, 2.05) is 59.0 Å². The second-order valence-corrected chi connectivity index (χ2v) is 9.92. The standard InChI is InChI=1S/C12H8BrNO2.C6H7BO2.C6H3BrINO2/c13-10-6-7-12(14(15)16)11(8-10)9-4-2-1-3-5-9;8-7(9)6-4-2-1-3-5-6;7-4-1-2-6(9(10)11)5(8)3-4/h1-8H;1-5,8-9H;1-3H. The van der Waals surface area contributed by atoms with Gasteiger partial charge in [-0.15, -0.1) is 0 Å². The van der Waals surface area contributed by atoms with E-state index in [0.717, 1.165) is 14.5 Å². The number of benzene rings is 4. The number of hydrogen-bond donors (Lipinski definition) is 2. The summed E-state index contributed by atoms with van der Waals surface area (Å²) in [5.41, 5.74) is 2.26. The highest BCUT2D eigenvalue weighted by molar-refractivity contribution is 14.1. The van der Waals surface area contributed by atoms with Gasteiger partial charge in [-0.1, -0.05) is 92.5 Å². The predicted octanol–water partition coefficient (Wildman–Crippen LogP) is 6.35. The lowest BCUT2D eigenvalue weighted by Gasteiger charge is -2.03. The zero-order valence-electron chi connectivity index (χ0n) is 18.4. The number of nitrogens with zero attached hydrogens (tertiary/aromatic N) is 2. The normalized spacial score (nSPS) is 9.69. The van der Waals surface area contributed by atoms with E-state index in [1.165, 1.54) is 12.1 Å². The summed E-state index contributed by atoms with van der Waals surface area (Å²) in [7, 11) is -1.34. The van der Waals surface area contributed by atoms with Crippen LogP contribution in [-0.2, 0) is 0 Å². The van der Waals surface area contributed by atoms with Crippen LogP contribution in [0, 0.1) is 23.8 Å². The number of hydrogen-bond acceptors (Lipinski definition) is 6. The molecule has 0 unspecified atom stereocenters. The minimum atomic E-state index is -1.34. The lowest BCUT2D eigenvalue weighted by atomic mass is 9.81. The van der Waals surface area contributed by atoms with Crippen molar-refractivity contribution in [1.82, 2.24) is 0 Å². The first-order valence-corrected chi connectivity index (χ1v) is 12.8. The van der Waals surface area contributed by atoms with Crippen molar-refractivity contribution in [2.75, 3.05) is 0 Å². The Labute approximate surface area is 237 Å². The summed E-state index contributed by atoms with van der Waals surface area (Å²) in [5, 5.41) is 38.4. The van der Waals surface area contributed by atoms with Crippen LogP contribution < -0.4 is 5.46 Å². The van der Waals surface area contributed by atoms with Crippen LogP contribution in [0.3, 0.4) is 0 Å². The first kappa shape index (κ1) is 29.6. The van der Waals surface area contributed by atoms with E-state index in [2.05, 4.69) is 31.9 Å². The molecule has 4 aromatic carbocycles. The molecule has 0 atom stereocenters. The smallest absolute Gasteiger partial charge is 0.423 e. The van der Waals surface area contributed by atoms with Gasteiger partial charge in [0.15, 0.2) is 0 Å². The molecule has 12 heteroatoms. The average molecular weight is 728 g/mol. The van der Waals surface area contributed by atoms with Crippen molar-refractivity contribution >= 4 is 78.4 Å². The van der Waals surface area contributed by atoms with Crippen molar-refractivity contribution in [3.05, 3.63) is 130 Å². The molecule has 2 N–H and O–H groups in total. The molecule has 0 amide bonds. The summed E-state index contributed by atoms with van der Waals surface area (Å²) in [6.45, 7) is 0. The number of nitro groups is 2. The number of rotatable bonds is 4. The van der Waals surface area contributed by atoms with Crippen molar-refractivity contribution < 1.29 is 19.9 Å². The van der Waals surface area contributed by atoms with Crippen LogP contribution in [0.15, 0.2) is 106 Å². The molecule has 0 aliphatic heterocycles. The zero-order valence-corrected chi connectivity index (χ0v) is 23.7. The van der Waals surface area contributed by atoms with Crippen molar-refractivity contribution in [2.24, 2.45) is 0 Å². The van der Waals surface area contributed by atoms with Gasteiger partial charge in [0.05, 0.1) is 19.0 Å². The van der Waals surface area contributed by atoms with E-state index in [4.69, 9.17) is 10.0 Å². The topological polar surface area (TPSA) is 127 Å². The Morgan fingerprint density at radius 1 is 0.694 bits per heavy atom. The molecule has 0 fully saturated rings. The van der Waals surface area contributed by atoms with Gasteiger partial charge in [0.1, 0.15) is 0 Å². The van der Waals surface area contributed by atoms with Crippen LogP contribution in [0.4, 0.5) is 11.4 Å². The maximum absolute atomic E-state index is 10.9. The molecule has 8 nitrogen and oxygen atoms in total. The van der Waals surface area contributed by atoms with Crippen LogP contribution in [0.2, 0.25) is 0 Å². The van der Waals surface area contributed by atoms with Gasteiger partial charge >= 0.3 is 7.12 Å². The van der Waals surface area contributed by atoms with Gasteiger partial charge in [-0.25, -0.2) is 0 Å². The monoisotopic (exact) mass is 726 g/mol. The highest BCUT2D eigenvalue weighted by atomic mass is 127. The third-order valence-corrected chi connectivity index (χ3v) is 6.29. The van der Waals surface area contributed by atoms with Gasteiger partial charge in [-0.05, 0) is 57.9 Å². The predicted molar refractivity (Wildman–Crippen MR) is 156 cm³/mol. The molecule has 0 saturated carbocycles. The summed E-state index contributed by atoms with van der Waals surface area (Å²) in [4.78, 5) is 20.5. The minimum Gasteiger partial charge on any atom is -0.423 e. The van der Waals surface area contributed by atoms with Crippen molar-refractivity contribution in [3.63, 3.8) is 0 Å². The van der Waals surface area contributed by atoms with E-state index < -0.39 is 12.0 Å². The SMILES string of the molecule is O=[N+]([O-])c1ccc(Br)cc1-c1ccccc1.O=[N+]([O-])c1ccc(Br)cc1I.OB(O)c1ccccc1. The first-order valence-electron chi connectivity index (χ1n) is 10.1. The van der Waals surface area contributed by atoms with E-state index in [1.54, 1.807) is 48.5 Å². The van der Waals surface area contributed by atoms with Gasteiger partial charge < -0.3 is 10.0 Å². The largest absolute Gasteiger partial charge is 0.488 e. The maximum atomic E-state index is 10.9. The third kappa shape index (κ3) is 9.43. The fraction of sp³-hybridized carbons (Fsp3) is 0. The Balaban J connectivity index is 0.000000200. The van der Waals surface area contributed by atoms with Gasteiger partial charge in [-0.3, -0.25) is 20.2 Å². The van der Waals surface area contributed by atoms with Crippen LogP contribution in [0.1, 0.15) is 0 Å². The molecule has 0 aliphatic carbocycles. The average Bonchev–Trinajstić information content (AvgIpc) is 2.85. The van der Waals surface area contributed by atoms with Crippen LogP contribution >= 0.6 is 54.5 Å². The fourth-order valence-electron chi connectivity index (χ4n) is 2.77. The fourth-order valence-corrected chi connectivity index (χ4v) is 4.63. The summed E-state index contributed by atoms with van der Waals surface area (Å²) >= 11 is 8.47. The molecule has 0 radical (unpaired) electrons. The highest BCUT2D eigenvalue weighted by Gasteiger charge is 2.15. The maximum Gasteiger partial charge on any atom is 0.488 e. The van der Waals surface area contributed by atoms with Crippen LogP contribution in [0.25, 0.3) is 11.1 Å². The third-order valence-electron chi connectivity index (χ3n) is 4.44. The van der Waals surface area contributed by atoms with Crippen LogP contribution in [0.5, 0.6) is 0 Å². The van der Waals surface area contributed by atoms with Crippen LogP contribution in [-0.4, -0.2) is 27.0 Å². The van der Waals surface area contributed by atoms with E-state index in [9.17, 15) is 20.2 Å². The Bertz CT molecular complexity index is 1310. The summed E-state index contributed by atoms with van der Waals surface area (Å²) in [6.07, 6.45) is 0. The lowest BCUT2D eigenvalue weighted by molar-refractivity contribution is -0.385. The summed E-state index contributed by atoms with van der Waals surface area (Å²) in [5.74, 6) is 0. The molecule has 184 valence electrons. The Morgan fingerprint density at radius 2 is 1.17 bits per heavy atom. The molecule has 0 saturated heterocycles. The first-order chi connectivity index (χ1) is 17.1. The Morgan fingerprint density at radius 3 is 1.61 bits per heavy atom. The molecular weight excluding hydrogens is 710 g/mol. The Kier molecular flexibility index (Phi) is 12.2. The van der Waals surface area contributed by atoms with Crippen molar-refractivity contribution in [1.29, 1.82) is 0 Å². The second kappa shape index (κ2) is 14.8. The number of halogens is 3. The Hall–Kier alpha value is -2.65. The second-order valence-electron chi connectivity index (χ2n) is 6.92. The summed E-state index contributed by atoms with van der Waals surface area (Å²) < 4.78 is 2.33. The molecule has 0 aliphatic rings. The zero-order chi connectivity index (χ0) is 26.7. The molecule has 0 bridgehead atoms. The molecule has 36 heavy (non-hydrogen) atoms. The van der Waals surface area contributed by atoms with Gasteiger partial charge in [0.25, 0.3) is 11.4 Å². The molecule has 0 spiro atoms. The molecule has 4 aromatic rings. The molecule has 4 rings (SSSR count). The minimum absolute atomic E-state index is 0.120. The quantitative estimate of drug-likeness (QED) is 0.109. The van der Waals surface area contributed by atoms with E-state index in [-0.39, 0.29) is 16.3 Å². The summed E-state index contributed by atoms with van der Waals surface area (Å²) in [6, 6.07) is 27.7. The molecular formula is C24H18BBr2IN2O6. The lowest BCUT2D eigenvalue weighted by Crippen LogP contribution is -2.29. The van der Waals surface area contributed by atoms with Gasteiger partial charge in [0, 0.05) is 21.1 Å². The van der Waals surface area contributed by atoms with E-state index in [0.29, 0.717) is 14.6 Å². The van der Waals surface area contributed by atoms with Gasteiger partial charge in [0.2, 0.25) is 0 Å². The van der Waals surface area contributed by atoms with Gasteiger partial charge in [-0.2, -0.15) is 0 Å².